The zero-order valence-electron chi connectivity index (χ0n) is 10.00. The normalized spacial score (nSPS) is 9.89. The van der Waals surface area contributed by atoms with E-state index in [9.17, 15) is 9.59 Å². The SMILES string of the molecule is CCNc1ccc(Cl)c(C(=O)NCCC(N)=O)n1. The molecule has 7 heteroatoms. The van der Waals surface area contributed by atoms with Crippen molar-refractivity contribution in [3.05, 3.63) is 22.8 Å². The lowest BCUT2D eigenvalue weighted by Crippen LogP contribution is -2.28. The number of nitrogens with zero attached hydrogens (tertiary/aromatic N) is 1. The maximum atomic E-state index is 11.8. The summed E-state index contributed by atoms with van der Waals surface area (Å²) in [6.45, 7) is 2.78. The highest BCUT2D eigenvalue weighted by Gasteiger charge is 2.12. The summed E-state index contributed by atoms with van der Waals surface area (Å²) >= 11 is 5.89. The maximum absolute atomic E-state index is 11.8. The molecule has 0 aliphatic rings. The molecular weight excluding hydrogens is 256 g/mol. The molecular formula is C11H15ClN4O2. The topological polar surface area (TPSA) is 97.1 Å². The fraction of sp³-hybridized carbons (Fsp3) is 0.364. The molecule has 0 radical (unpaired) electrons. The largest absolute Gasteiger partial charge is 0.370 e. The standard InChI is InChI=1S/C11H15ClN4O2/c1-2-14-9-4-3-7(12)10(16-9)11(18)15-6-5-8(13)17/h3-4H,2,5-6H2,1H3,(H2,13,17)(H,14,16)(H,15,18). The minimum absolute atomic E-state index is 0.0796. The van der Waals surface area contributed by atoms with Crippen LogP contribution in [-0.4, -0.2) is 29.9 Å². The fourth-order valence-corrected chi connectivity index (χ4v) is 1.45. The van der Waals surface area contributed by atoms with Crippen LogP contribution in [0.1, 0.15) is 23.8 Å². The number of hydrogen-bond acceptors (Lipinski definition) is 4. The molecule has 0 atom stereocenters. The summed E-state index contributed by atoms with van der Waals surface area (Å²) in [6.07, 6.45) is 0.0796. The molecule has 1 aromatic heterocycles. The van der Waals surface area contributed by atoms with Crippen LogP contribution in [-0.2, 0) is 4.79 Å². The number of rotatable bonds is 6. The molecule has 6 nitrogen and oxygen atoms in total. The number of primary amides is 1. The molecule has 0 aliphatic carbocycles. The molecule has 4 N–H and O–H groups in total. The van der Waals surface area contributed by atoms with E-state index in [1.54, 1.807) is 12.1 Å². The van der Waals surface area contributed by atoms with E-state index in [1.165, 1.54) is 0 Å². The van der Waals surface area contributed by atoms with Gasteiger partial charge in [0, 0.05) is 19.5 Å². The molecule has 0 saturated carbocycles. The van der Waals surface area contributed by atoms with Gasteiger partial charge in [0.15, 0.2) is 0 Å². The van der Waals surface area contributed by atoms with Gasteiger partial charge in [0.2, 0.25) is 5.91 Å². The second-order valence-electron chi connectivity index (χ2n) is 3.53. The Kier molecular flexibility index (Phi) is 5.38. The van der Waals surface area contributed by atoms with Crippen molar-refractivity contribution >= 4 is 29.2 Å². The first-order chi connectivity index (χ1) is 8.54. The highest BCUT2D eigenvalue weighted by molar-refractivity contribution is 6.33. The summed E-state index contributed by atoms with van der Waals surface area (Å²) in [5.74, 6) is -0.335. The van der Waals surface area contributed by atoms with Gasteiger partial charge in [-0.15, -0.1) is 0 Å². The first-order valence-corrected chi connectivity index (χ1v) is 5.89. The number of carbonyl (C=O) groups is 2. The van der Waals surface area contributed by atoms with Gasteiger partial charge < -0.3 is 16.4 Å². The van der Waals surface area contributed by atoms with E-state index in [0.29, 0.717) is 12.4 Å². The molecule has 1 rings (SSSR count). The van der Waals surface area contributed by atoms with E-state index in [2.05, 4.69) is 15.6 Å². The molecule has 0 bridgehead atoms. The number of hydrogen-bond donors (Lipinski definition) is 3. The van der Waals surface area contributed by atoms with Crippen molar-refractivity contribution in [3.8, 4) is 0 Å². The Balaban J connectivity index is 2.71. The number of aromatic nitrogens is 1. The number of carbonyl (C=O) groups excluding carboxylic acids is 2. The summed E-state index contributed by atoms with van der Waals surface area (Å²) in [6, 6.07) is 3.28. The van der Waals surface area contributed by atoms with Crippen LogP contribution in [0.2, 0.25) is 5.02 Å². The Morgan fingerprint density at radius 2 is 2.17 bits per heavy atom. The average molecular weight is 271 g/mol. The lowest BCUT2D eigenvalue weighted by atomic mass is 10.3. The molecule has 18 heavy (non-hydrogen) atoms. The van der Waals surface area contributed by atoms with Gasteiger partial charge in [0.1, 0.15) is 11.5 Å². The van der Waals surface area contributed by atoms with Crippen LogP contribution in [0.3, 0.4) is 0 Å². The zero-order chi connectivity index (χ0) is 13.5. The summed E-state index contributed by atoms with van der Waals surface area (Å²) in [7, 11) is 0. The van der Waals surface area contributed by atoms with E-state index < -0.39 is 11.8 Å². The van der Waals surface area contributed by atoms with Crippen LogP contribution in [0.5, 0.6) is 0 Å². The van der Waals surface area contributed by atoms with Crippen LogP contribution < -0.4 is 16.4 Å². The Morgan fingerprint density at radius 1 is 1.44 bits per heavy atom. The van der Waals surface area contributed by atoms with Gasteiger partial charge in [-0.3, -0.25) is 9.59 Å². The Morgan fingerprint density at radius 3 is 2.78 bits per heavy atom. The first kappa shape index (κ1) is 14.2. The van der Waals surface area contributed by atoms with E-state index >= 15 is 0 Å². The summed E-state index contributed by atoms with van der Waals surface area (Å²) in [5, 5.41) is 5.76. The van der Waals surface area contributed by atoms with Crippen molar-refractivity contribution in [2.75, 3.05) is 18.4 Å². The van der Waals surface area contributed by atoms with E-state index in [4.69, 9.17) is 17.3 Å². The smallest absolute Gasteiger partial charge is 0.271 e. The van der Waals surface area contributed by atoms with Crippen molar-refractivity contribution in [1.29, 1.82) is 0 Å². The van der Waals surface area contributed by atoms with E-state index in [0.717, 1.165) is 0 Å². The second kappa shape index (κ2) is 6.80. The van der Waals surface area contributed by atoms with Gasteiger partial charge in [-0.2, -0.15) is 0 Å². The highest BCUT2D eigenvalue weighted by Crippen LogP contribution is 2.16. The third kappa shape index (κ3) is 4.21. The van der Waals surface area contributed by atoms with Crippen molar-refractivity contribution in [2.24, 2.45) is 5.73 Å². The molecule has 1 heterocycles. The fourth-order valence-electron chi connectivity index (χ4n) is 1.26. The quantitative estimate of drug-likeness (QED) is 0.711. The predicted octanol–water partition coefficient (Wildman–Crippen LogP) is 0.772. The lowest BCUT2D eigenvalue weighted by molar-refractivity contribution is -0.117. The van der Waals surface area contributed by atoms with Crippen molar-refractivity contribution in [1.82, 2.24) is 10.3 Å². The van der Waals surface area contributed by atoms with Gasteiger partial charge in [-0.25, -0.2) is 4.98 Å². The number of nitrogens with two attached hydrogens (primary N) is 1. The molecule has 0 saturated heterocycles. The number of halogens is 1. The van der Waals surface area contributed by atoms with Crippen LogP contribution in [0.25, 0.3) is 0 Å². The minimum Gasteiger partial charge on any atom is -0.370 e. The van der Waals surface area contributed by atoms with Crippen molar-refractivity contribution in [2.45, 2.75) is 13.3 Å². The molecule has 98 valence electrons. The molecule has 0 unspecified atom stereocenters. The van der Waals surface area contributed by atoms with Gasteiger partial charge in [0.05, 0.1) is 5.02 Å². The van der Waals surface area contributed by atoms with Crippen molar-refractivity contribution in [3.63, 3.8) is 0 Å². The van der Waals surface area contributed by atoms with Crippen LogP contribution in [0.4, 0.5) is 5.82 Å². The van der Waals surface area contributed by atoms with Gasteiger partial charge in [-0.05, 0) is 19.1 Å². The average Bonchev–Trinajstić information content (AvgIpc) is 2.31. The van der Waals surface area contributed by atoms with Crippen molar-refractivity contribution < 1.29 is 9.59 Å². The van der Waals surface area contributed by atoms with Gasteiger partial charge in [0.25, 0.3) is 5.91 Å². The van der Waals surface area contributed by atoms with Gasteiger partial charge >= 0.3 is 0 Å². The third-order valence-electron chi connectivity index (χ3n) is 2.08. The summed E-state index contributed by atoms with van der Waals surface area (Å²) in [4.78, 5) is 26.4. The monoisotopic (exact) mass is 270 g/mol. The predicted molar refractivity (Wildman–Crippen MR) is 69.6 cm³/mol. The van der Waals surface area contributed by atoms with Gasteiger partial charge in [-0.1, -0.05) is 11.6 Å². The number of anilines is 1. The van der Waals surface area contributed by atoms with E-state index in [1.807, 2.05) is 6.92 Å². The molecule has 0 fully saturated rings. The highest BCUT2D eigenvalue weighted by atomic mass is 35.5. The molecule has 1 aromatic rings. The Labute approximate surface area is 110 Å². The lowest BCUT2D eigenvalue weighted by Gasteiger charge is -2.08. The van der Waals surface area contributed by atoms with Crippen LogP contribution in [0.15, 0.2) is 12.1 Å². The van der Waals surface area contributed by atoms with E-state index in [-0.39, 0.29) is 23.7 Å². The third-order valence-corrected chi connectivity index (χ3v) is 2.38. The number of amides is 2. The molecule has 0 aliphatic heterocycles. The minimum atomic E-state index is -0.476. The summed E-state index contributed by atoms with van der Waals surface area (Å²) < 4.78 is 0. The molecule has 0 spiro atoms. The second-order valence-corrected chi connectivity index (χ2v) is 3.94. The Bertz CT molecular complexity index is 451. The number of pyridine rings is 1. The maximum Gasteiger partial charge on any atom is 0.271 e. The molecule has 2 amide bonds. The molecule has 0 aromatic carbocycles. The summed E-state index contributed by atoms with van der Waals surface area (Å²) in [5.41, 5.74) is 5.09. The number of nitrogens with one attached hydrogen (secondary N) is 2. The van der Waals surface area contributed by atoms with Crippen LogP contribution >= 0.6 is 11.6 Å². The first-order valence-electron chi connectivity index (χ1n) is 5.51. The zero-order valence-corrected chi connectivity index (χ0v) is 10.8. The Hall–Kier alpha value is -1.82. The van der Waals surface area contributed by atoms with Crippen LogP contribution in [0, 0.1) is 0 Å².